The van der Waals surface area contributed by atoms with Crippen LogP contribution in [-0.2, 0) is 18.0 Å². The number of likely N-dealkylation sites (N-methyl/N-ethyl adjacent to an activating group) is 1. The van der Waals surface area contributed by atoms with Crippen LogP contribution in [0.15, 0.2) is 37.2 Å². The molecule has 0 saturated heterocycles. The van der Waals surface area contributed by atoms with Crippen LogP contribution in [0, 0.1) is 4.77 Å². The van der Waals surface area contributed by atoms with Crippen LogP contribution in [0.3, 0.4) is 0 Å². The number of pyridine rings is 1. The van der Waals surface area contributed by atoms with Gasteiger partial charge in [0.1, 0.15) is 0 Å². The fraction of sp³-hybridized carbons (Fsp3) is 0.412. The van der Waals surface area contributed by atoms with Crippen molar-refractivity contribution >= 4 is 18.1 Å². The lowest BCUT2D eigenvalue weighted by Crippen LogP contribution is -2.39. The molecular weight excluding hydrogens is 336 g/mol. The fourth-order valence-corrected chi connectivity index (χ4v) is 2.69. The van der Waals surface area contributed by atoms with Crippen LogP contribution in [0.1, 0.15) is 13.8 Å². The first-order valence-electron chi connectivity index (χ1n) is 8.09. The molecular formula is C17H24N6OS. The summed E-state index contributed by atoms with van der Waals surface area (Å²) in [5.41, 5.74) is 0.884. The fourth-order valence-electron chi connectivity index (χ4n) is 2.43. The van der Waals surface area contributed by atoms with Gasteiger partial charge < -0.3 is 5.32 Å². The minimum absolute atomic E-state index is 0.0259. The molecule has 134 valence electrons. The number of allylic oxidation sites excluding steroid dienone is 1. The zero-order valence-electron chi connectivity index (χ0n) is 14.8. The Morgan fingerprint density at radius 2 is 2.28 bits per heavy atom. The van der Waals surface area contributed by atoms with E-state index >= 15 is 0 Å². The van der Waals surface area contributed by atoms with E-state index < -0.39 is 0 Å². The molecule has 0 atom stereocenters. The van der Waals surface area contributed by atoms with E-state index in [1.54, 1.807) is 23.2 Å². The molecule has 2 heterocycles. The number of hydrogen-bond acceptors (Lipinski definition) is 5. The molecule has 0 fully saturated rings. The predicted octanol–water partition coefficient (Wildman–Crippen LogP) is 2.08. The van der Waals surface area contributed by atoms with Crippen molar-refractivity contribution in [3.8, 4) is 11.4 Å². The quantitative estimate of drug-likeness (QED) is 0.577. The number of nitrogens with one attached hydrogen (secondary N) is 1. The second-order valence-corrected chi connectivity index (χ2v) is 6.49. The Kier molecular flexibility index (Phi) is 6.60. The largest absolute Gasteiger partial charge is 0.353 e. The molecule has 1 N–H and O–H groups in total. The van der Waals surface area contributed by atoms with Crippen molar-refractivity contribution in [1.82, 2.24) is 29.5 Å². The highest BCUT2D eigenvalue weighted by Gasteiger charge is 2.14. The molecule has 0 aromatic carbocycles. The van der Waals surface area contributed by atoms with Gasteiger partial charge in [-0.05, 0) is 45.2 Å². The summed E-state index contributed by atoms with van der Waals surface area (Å²) >= 11 is 5.55. The van der Waals surface area contributed by atoms with Gasteiger partial charge in [0, 0.05) is 30.5 Å². The Hall–Kier alpha value is -2.32. The highest BCUT2D eigenvalue weighted by atomic mass is 32.1. The van der Waals surface area contributed by atoms with Crippen molar-refractivity contribution < 1.29 is 4.79 Å². The highest BCUT2D eigenvalue weighted by molar-refractivity contribution is 7.71. The third-order valence-electron chi connectivity index (χ3n) is 3.39. The number of carbonyl (C=O) groups is 1. The van der Waals surface area contributed by atoms with Gasteiger partial charge in [-0.2, -0.15) is 5.10 Å². The Bertz CT molecular complexity index is 780. The lowest BCUT2D eigenvalue weighted by atomic mass is 10.3. The third kappa shape index (κ3) is 5.07. The normalized spacial score (nSPS) is 11.1. The molecule has 0 spiro atoms. The topological polar surface area (TPSA) is 68.0 Å². The second-order valence-electron chi connectivity index (χ2n) is 6.12. The highest BCUT2D eigenvalue weighted by Crippen LogP contribution is 2.17. The Morgan fingerprint density at radius 1 is 1.52 bits per heavy atom. The molecule has 2 aromatic heterocycles. The standard InChI is InChI=1S/C17H24N6OS/c1-5-9-22-16(14-7-6-8-18-10-14)20-23(17(22)25)12-21(4)11-15(24)19-13(2)3/h5-8,10,13H,1,9,11-12H2,2-4H3,(H,19,24). The van der Waals surface area contributed by atoms with Crippen molar-refractivity contribution in [3.05, 3.63) is 42.0 Å². The Balaban J connectivity index is 2.23. The van der Waals surface area contributed by atoms with Gasteiger partial charge in [0.15, 0.2) is 10.6 Å². The van der Waals surface area contributed by atoms with Gasteiger partial charge in [0.05, 0.1) is 13.2 Å². The van der Waals surface area contributed by atoms with Crippen molar-refractivity contribution in [1.29, 1.82) is 0 Å². The van der Waals surface area contributed by atoms with Crippen molar-refractivity contribution in [2.75, 3.05) is 13.6 Å². The van der Waals surface area contributed by atoms with E-state index in [2.05, 4.69) is 22.0 Å². The minimum atomic E-state index is -0.0259. The molecule has 0 radical (unpaired) electrons. The lowest BCUT2D eigenvalue weighted by Gasteiger charge is -2.17. The number of nitrogens with zero attached hydrogens (tertiary/aromatic N) is 5. The van der Waals surface area contributed by atoms with Gasteiger partial charge in [0.2, 0.25) is 5.91 Å². The maximum Gasteiger partial charge on any atom is 0.234 e. The Labute approximate surface area is 153 Å². The first-order valence-corrected chi connectivity index (χ1v) is 8.50. The molecule has 0 aliphatic heterocycles. The molecule has 2 aromatic rings. The van der Waals surface area contributed by atoms with Gasteiger partial charge in [-0.3, -0.25) is 19.2 Å². The molecule has 0 unspecified atom stereocenters. The van der Waals surface area contributed by atoms with E-state index in [0.29, 0.717) is 18.0 Å². The van der Waals surface area contributed by atoms with E-state index in [4.69, 9.17) is 12.2 Å². The maximum absolute atomic E-state index is 11.9. The van der Waals surface area contributed by atoms with Crippen molar-refractivity contribution in [2.24, 2.45) is 0 Å². The molecule has 1 amide bonds. The first-order chi connectivity index (χ1) is 11.9. The molecule has 7 nitrogen and oxygen atoms in total. The summed E-state index contributed by atoms with van der Waals surface area (Å²) in [6, 6.07) is 3.92. The van der Waals surface area contributed by atoms with E-state index in [9.17, 15) is 4.79 Å². The van der Waals surface area contributed by atoms with Gasteiger partial charge in [-0.25, -0.2) is 4.68 Å². The van der Waals surface area contributed by atoms with E-state index in [-0.39, 0.29) is 18.5 Å². The van der Waals surface area contributed by atoms with Gasteiger partial charge in [-0.1, -0.05) is 6.08 Å². The Morgan fingerprint density at radius 3 is 2.88 bits per heavy atom. The summed E-state index contributed by atoms with van der Waals surface area (Å²) in [4.78, 5) is 17.9. The van der Waals surface area contributed by atoms with E-state index in [0.717, 1.165) is 11.4 Å². The van der Waals surface area contributed by atoms with Crippen LogP contribution in [-0.4, -0.2) is 49.8 Å². The number of rotatable bonds is 8. The SMILES string of the molecule is C=CCn1c(-c2cccnc2)nn(CN(C)CC(=O)NC(C)C)c1=S. The van der Waals surface area contributed by atoms with Crippen molar-refractivity contribution in [3.63, 3.8) is 0 Å². The maximum atomic E-state index is 11.9. The summed E-state index contributed by atoms with van der Waals surface area (Å²) < 4.78 is 4.19. The second kappa shape index (κ2) is 8.68. The summed E-state index contributed by atoms with van der Waals surface area (Å²) in [6.07, 6.45) is 5.25. The van der Waals surface area contributed by atoms with Crippen LogP contribution < -0.4 is 5.32 Å². The molecule has 0 bridgehead atoms. The van der Waals surface area contributed by atoms with Crippen LogP contribution in [0.4, 0.5) is 0 Å². The minimum Gasteiger partial charge on any atom is -0.353 e. The van der Waals surface area contributed by atoms with Crippen LogP contribution in [0.25, 0.3) is 11.4 Å². The molecule has 8 heteroatoms. The zero-order valence-corrected chi connectivity index (χ0v) is 15.7. The molecule has 0 aliphatic carbocycles. The smallest absolute Gasteiger partial charge is 0.234 e. The van der Waals surface area contributed by atoms with Crippen molar-refractivity contribution in [2.45, 2.75) is 33.1 Å². The average molecular weight is 360 g/mol. The van der Waals surface area contributed by atoms with Crippen LogP contribution in [0.2, 0.25) is 0 Å². The van der Waals surface area contributed by atoms with Crippen LogP contribution in [0.5, 0.6) is 0 Å². The summed E-state index contributed by atoms with van der Waals surface area (Å²) in [6.45, 7) is 8.91. The summed E-state index contributed by atoms with van der Waals surface area (Å²) in [5.74, 6) is 0.708. The summed E-state index contributed by atoms with van der Waals surface area (Å²) in [5, 5.41) is 7.49. The van der Waals surface area contributed by atoms with Crippen LogP contribution >= 0.6 is 12.2 Å². The molecule has 0 aliphatic rings. The predicted molar refractivity (Wildman–Crippen MR) is 100 cm³/mol. The van der Waals surface area contributed by atoms with E-state index in [1.165, 1.54) is 0 Å². The molecule has 0 saturated carbocycles. The number of amides is 1. The van der Waals surface area contributed by atoms with E-state index in [1.807, 2.05) is 42.5 Å². The third-order valence-corrected chi connectivity index (χ3v) is 3.82. The zero-order chi connectivity index (χ0) is 18.4. The first kappa shape index (κ1) is 19.0. The number of carbonyl (C=O) groups excluding carboxylic acids is 1. The monoisotopic (exact) mass is 360 g/mol. The molecule has 25 heavy (non-hydrogen) atoms. The van der Waals surface area contributed by atoms with Gasteiger partial charge in [-0.15, -0.1) is 6.58 Å². The average Bonchev–Trinajstić information content (AvgIpc) is 2.84. The number of hydrogen-bond donors (Lipinski definition) is 1. The van der Waals surface area contributed by atoms with Gasteiger partial charge in [0.25, 0.3) is 0 Å². The molecule has 2 rings (SSSR count). The number of aromatic nitrogens is 4. The summed E-state index contributed by atoms with van der Waals surface area (Å²) in [7, 11) is 1.86. The van der Waals surface area contributed by atoms with Gasteiger partial charge >= 0.3 is 0 Å². The lowest BCUT2D eigenvalue weighted by molar-refractivity contribution is -0.122.